The number of hydrogen-bond acceptors (Lipinski definition) is 8. The monoisotopic (exact) mass is 722 g/mol. The molecule has 0 bridgehead atoms. The van der Waals surface area contributed by atoms with E-state index in [0.717, 1.165) is 29.7 Å². The highest BCUT2D eigenvalue weighted by Gasteiger charge is 2.32. The largest absolute Gasteiger partial charge is 0.493 e. The molecule has 264 valence electrons. The molecule has 2 atom stereocenters. The molecule has 3 N–H and O–H groups in total. The van der Waals surface area contributed by atoms with E-state index in [9.17, 15) is 19.6 Å². The Hall–Kier alpha value is -5.05. The van der Waals surface area contributed by atoms with Gasteiger partial charge in [-0.1, -0.05) is 51.1 Å². The third-order valence-electron chi connectivity index (χ3n) is 8.86. The van der Waals surface area contributed by atoms with Gasteiger partial charge in [-0.2, -0.15) is 5.26 Å². The van der Waals surface area contributed by atoms with Crippen molar-refractivity contribution in [2.24, 2.45) is 11.3 Å². The lowest BCUT2D eigenvalue weighted by molar-refractivity contribution is -0.115. The first-order chi connectivity index (χ1) is 24.4. The van der Waals surface area contributed by atoms with E-state index in [1.165, 1.54) is 42.2 Å². The molecule has 9 nitrogen and oxygen atoms in total. The molecule has 0 fully saturated rings. The topological polar surface area (TPSA) is 130 Å². The molecule has 1 aliphatic rings. The standard InChI is InChI=1S/C40H42N4O5S2/c1-24(36(45)44-39-31(23-41)30-17-16-27(40(2,3)4)21-35(30)51-39)50-29-14-10-13-28(22-29)42-38(47)32(43-37(46)26-11-8-7-9-12-26)19-25-15-18-33(48-5)34(20-25)49-6/h7-15,18-20,22,24,27H,16-17,21H2,1-6H3,(H,42,47)(H,43,46)(H,44,45)/b32-19+. The van der Waals surface area contributed by atoms with Gasteiger partial charge < -0.3 is 25.4 Å². The van der Waals surface area contributed by atoms with Gasteiger partial charge in [-0.05, 0) is 97.2 Å². The van der Waals surface area contributed by atoms with E-state index in [4.69, 9.17) is 9.47 Å². The lowest BCUT2D eigenvalue weighted by Crippen LogP contribution is -2.30. The van der Waals surface area contributed by atoms with Gasteiger partial charge in [0.2, 0.25) is 5.91 Å². The number of ether oxygens (including phenoxy) is 2. The summed E-state index contributed by atoms with van der Waals surface area (Å²) in [5.74, 6) is 0.336. The molecular weight excluding hydrogens is 681 g/mol. The van der Waals surface area contributed by atoms with Crippen molar-refractivity contribution in [1.29, 1.82) is 5.26 Å². The molecule has 2 unspecified atom stereocenters. The number of nitrogens with zero attached hydrogens (tertiary/aromatic N) is 1. The van der Waals surface area contributed by atoms with Crippen LogP contribution in [0.2, 0.25) is 0 Å². The SMILES string of the molecule is COc1ccc(/C=C(/NC(=O)c2ccccc2)C(=O)Nc2cccc(SC(C)C(=O)Nc3sc4c(c3C#N)CCC(C(C)(C)C)C4)c2)cc1OC. The smallest absolute Gasteiger partial charge is 0.272 e. The Morgan fingerprint density at radius 3 is 2.41 bits per heavy atom. The van der Waals surface area contributed by atoms with E-state index in [-0.39, 0.29) is 17.0 Å². The summed E-state index contributed by atoms with van der Waals surface area (Å²) in [4.78, 5) is 42.1. The van der Waals surface area contributed by atoms with Crippen LogP contribution in [0.5, 0.6) is 11.5 Å². The molecule has 1 heterocycles. The summed E-state index contributed by atoms with van der Waals surface area (Å²) < 4.78 is 10.8. The number of carbonyl (C=O) groups excluding carboxylic acids is 3. The first kappa shape index (κ1) is 37.2. The predicted octanol–water partition coefficient (Wildman–Crippen LogP) is 8.32. The highest BCUT2D eigenvalue weighted by molar-refractivity contribution is 8.00. The molecule has 51 heavy (non-hydrogen) atoms. The molecule has 1 aliphatic carbocycles. The van der Waals surface area contributed by atoms with Gasteiger partial charge in [-0.15, -0.1) is 23.1 Å². The minimum atomic E-state index is -0.540. The van der Waals surface area contributed by atoms with Crippen LogP contribution in [0.1, 0.15) is 66.0 Å². The van der Waals surface area contributed by atoms with Crippen molar-refractivity contribution >= 4 is 57.6 Å². The van der Waals surface area contributed by atoms with E-state index in [1.807, 2.05) is 13.0 Å². The summed E-state index contributed by atoms with van der Waals surface area (Å²) in [7, 11) is 3.06. The van der Waals surface area contributed by atoms with Gasteiger partial charge in [0.25, 0.3) is 11.8 Å². The molecule has 3 aromatic carbocycles. The molecule has 1 aromatic heterocycles. The average molecular weight is 723 g/mol. The van der Waals surface area contributed by atoms with Gasteiger partial charge in [0, 0.05) is 21.0 Å². The van der Waals surface area contributed by atoms with E-state index in [1.54, 1.807) is 72.8 Å². The van der Waals surface area contributed by atoms with Crippen LogP contribution < -0.4 is 25.4 Å². The molecule has 3 amide bonds. The third kappa shape index (κ3) is 9.20. The number of rotatable bonds is 11. The molecule has 0 saturated heterocycles. The van der Waals surface area contributed by atoms with Crippen molar-refractivity contribution in [3.63, 3.8) is 0 Å². The van der Waals surface area contributed by atoms with Gasteiger partial charge >= 0.3 is 0 Å². The maximum atomic E-state index is 13.7. The Balaban J connectivity index is 1.30. The van der Waals surface area contributed by atoms with Crippen molar-refractivity contribution in [2.75, 3.05) is 24.9 Å². The van der Waals surface area contributed by atoms with Crippen molar-refractivity contribution in [2.45, 2.75) is 57.1 Å². The lowest BCUT2D eigenvalue weighted by atomic mass is 9.72. The highest BCUT2D eigenvalue weighted by Crippen LogP contribution is 2.44. The molecule has 0 radical (unpaired) electrons. The Morgan fingerprint density at radius 1 is 0.980 bits per heavy atom. The van der Waals surface area contributed by atoms with Crippen molar-refractivity contribution in [1.82, 2.24) is 5.32 Å². The fourth-order valence-electron chi connectivity index (χ4n) is 5.90. The number of nitriles is 1. The minimum absolute atomic E-state index is 0.0163. The van der Waals surface area contributed by atoms with Crippen LogP contribution in [0, 0.1) is 22.7 Å². The van der Waals surface area contributed by atoms with Crippen LogP contribution in [-0.2, 0) is 22.4 Å². The Labute approximate surface area is 307 Å². The molecular formula is C40H42N4O5S2. The second-order valence-electron chi connectivity index (χ2n) is 13.3. The number of nitrogens with one attached hydrogen (secondary N) is 3. The Morgan fingerprint density at radius 2 is 1.73 bits per heavy atom. The van der Waals surface area contributed by atoms with Gasteiger partial charge in [0.05, 0.1) is 25.0 Å². The zero-order valence-electron chi connectivity index (χ0n) is 29.6. The van der Waals surface area contributed by atoms with Crippen LogP contribution >= 0.6 is 23.1 Å². The van der Waals surface area contributed by atoms with Crippen LogP contribution in [0.15, 0.2) is 83.4 Å². The maximum Gasteiger partial charge on any atom is 0.272 e. The van der Waals surface area contributed by atoms with Crippen LogP contribution in [0.25, 0.3) is 6.08 Å². The average Bonchev–Trinajstić information content (AvgIpc) is 3.47. The Bertz CT molecular complexity index is 1990. The number of thioether (sulfide) groups is 1. The number of benzene rings is 3. The van der Waals surface area contributed by atoms with Crippen LogP contribution in [0.4, 0.5) is 10.7 Å². The number of thiophene rings is 1. The summed E-state index contributed by atoms with van der Waals surface area (Å²) in [6.45, 7) is 8.57. The van der Waals surface area contributed by atoms with E-state index >= 15 is 0 Å². The Kier molecular flexibility index (Phi) is 11.9. The van der Waals surface area contributed by atoms with Gasteiger partial charge in [0.1, 0.15) is 16.8 Å². The van der Waals surface area contributed by atoms with Crippen LogP contribution in [0.3, 0.4) is 0 Å². The number of anilines is 2. The van der Waals surface area contributed by atoms with Crippen LogP contribution in [-0.4, -0.2) is 37.2 Å². The first-order valence-electron chi connectivity index (χ1n) is 16.6. The predicted molar refractivity (Wildman–Crippen MR) is 204 cm³/mol. The van der Waals surface area contributed by atoms with E-state index < -0.39 is 17.1 Å². The maximum absolute atomic E-state index is 13.7. The van der Waals surface area contributed by atoms with E-state index in [2.05, 4.69) is 42.8 Å². The van der Waals surface area contributed by atoms with Gasteiger partial charge in [0.15, 0.2) is 11.5 Å². The molecule has 5 rings (SSSR count). The fraction of sp³-hybridized carbons (Fsp3) is 0.300. The van der Waals surface area contributed by atoms with E-state index in [0.29, 0.717) is 44.8 Å². The number of fused-ring (bicyclic) bond motifs is 1. The number of hydrogen-bond donors (Lipinski definition) is 3. The van der Waals surface area contributed by atoms with Gasteiger partial charge in [-0.3, -0.25) is 14.4 Å². The van der Waals surface area contributed by atoms with Crippen molar-refractivity contribution < 1.29 is 23.9 Å². The zero-order valence-corrected chi connectivity index (χ0v) is 31.2. The second kappa shape index (κ2) is 16.3. The quantitative estimate of drug-likeness (QED) is 0.105. The summed E-state index contributed by atoms with van der Waals surface area (Å²) in [6.07, 6.45) is 4.35. The fourth-order valence-corrected chi connectivity index (χ4v) is 8.11. The number of amides is 3. The number of carbonyl (C=O) groups is 3. The molecule has 4 aromatic rings. The first-order valence-corrected chi connectivity index (χ1v) is 18.3. The zero-order chi connectivity index (χ0) is 36.7. The third-order valence-corrected chi connectivity index (χ3v) is 11.1. The summed E-state index contributed by atoms with van der Waals surface area (Å²) in [5, 5.41) is 18.8. The van der Waals surface area contributed by atoms with Crippen molar-refractivity contribution in [3.8, 4) is 17.6 Å². The summed E-state index contributed by atoms with van der Waals surface area (Å²) >= 11 is 2.86. The van der Waals surface area contributed by atoms with Crippen molar-refractivity contribution in [3.05, 3.63) is 106 Å². The van der Waals surface area contributed by atoms with Gasteiger partial charge in [-0.25, -0.2) is 0 Å². The molecule has 0 spiro atoms. The molecule has 0 aliphatic heterocycles. The molecule has 0 saturated carbocycles. The second-order valence-corrected chi connectivity index (χ2v) is 15.9. The normalized spacial score (nSPS) is 14.8. The lowest BCUT2D eigenvalue weighted by Gasteiger charge is -2.33. The summed E-state index contributed by atoms with van der Waals surface area (Å²) in [5.41, 5.74) is 3.33. The molecule has 11 heteroatoms. The highest BCUT2D eigenvalue weighted by atomic mass is 32.2. The number of methoxy groups -OCH3 is 2. The summed E-state index contributed by atoms with van der Waals surface area (Å²) in [6, 6.07) is 23.3. The minimum Gasteiger partial charge on any atom is -0.493 e.